The first-order chi connectivity index (χ1) is 12.6. The van der Waals surface area contributed by atoms with Gasteiger partial charge < -0.3 is 9.57 Å². The van der Waals surface area contributed by atoms with Gasteiger partial charge in [0.15, 0.2) is 0 Å². The Morgan fingerprint density at radius 1 is 1.23 bits per heavy atom. The van der Waals surface area contributed by atoms with Gasteiger partial charge in [0.25, 0.3) is 0 Å². The van der Waals surface area contributed by atoms with Gasteiger partial charge in [-0.1, -0.05) is 53.0 Å². The van der Waals surface area contributed by atoms with Gasteiger partial charge in [-0.2, -0.15) is 0 Å². The molecule has 2 rings (SSSR count). The Kier molecular flexibility index (Phi) is 7.07. The fourth-order valence-electron chi connectivity index (χ4n) is 2.29. The minimum atomic E-state index is -0.531. The number of amides is 1. The second kappa shape index (κ2) is 9.50. The van der Waals surface area contributed by atoms with Crippen molar-refractivity contribution < 1.29 is 14.4 Å². The van der Waals surface area contributed by atoms with Gasteiger partial charge in [-0.15, -0.1) is 6.42 Å². The Morgan fingerprint density at radius 2 is 1.92 bits per heavy atom. The van der Waals surface area contributed by atoms with Crippen LogP contribution in [-0.2, 0) is 16.2 Å². The maximum atomic E-state index is 12.0. The molecule has 134 valence electrons. The highest BCUT2D eigenvalue weighted by atomic mass is 35.5. The molecule has 0 spiro atoms. The molecule has 26 heavy (non-hydrogen) atoms. The summed E-state index contributed by atoms with van der Waals surface area (Å²) in [5.74, 6) is 2.46. The van der Waals surface area contributed by atoms with Crippen molar-refractivity contribution in [2.24, 2.45) is 5.16 Å². The Hall–Kier alpha value is -2.97. The highest BCUT2D eigenvalue weighted by molar-refractivity contribution is 6.30. The molecule has 0 saturated heterocycles. The fraction of sp³-hybridized carbons (Fsp3) is 0.200. The summed E-state index contributed by atoms with van der Waals surface area (Å²) in [6.07, 6.45) is 4.83. The SMILES string of the molecule is C#CCN(C(=O)OC)c1ccccc1CON=C(C)c1ccc(Cl)cc1. The maximum Gasteiger partial charge on any atom is 0.414 e. The van der Waals surface area contributed by atoms with Gasteiger partial charge >= 0.3 is 6.09 Å². The van der Waals surface area contributed by atoms with E-state index in [2.05, 4.69) is 11.1 Å². The Labute approximate surface area is 158 Å². The van der Waals surface area contributed by atoms with Crippen molar-refractivity contribution in [1.82, 2.24) is 0 Å². The molecular formula is C20H19ClN2O3. The van der Waals surface area contributed by atoms with E-state index in [9.17, 15) is 4.79 Å². The molecule has 2 aromatic carbocycles. The van der Waals surface area contributed by atoms with E-state index >= 15 is 0 Å². The van der Waals surface area contributed by atoms with Gasteiger partial charge in [-0.3, -0.25) is 4.90 Å². The van der Waals surface area contributed by atoms with Crippen LogP contribution in [0.15, 0.2) is 53.7 Å². The van der Waals surface area contributed by atoms with Gasteiger partial charge in [0, 0.05) is 10.6 Å². The van der Waals surface area contributed by atoms with Crippen LogP contribution in [0, 0.1) is 12.3 Å². The van der Waals surface area contributed by atoms with Crippen LogP contribution in [0.1, 0.15) is 18.1 Å². The van der Waals surface area contributed by atoms with Crippen molar-refractivity contribution in [1.29, 1.82) is 0 Å². The summed E-state index contributed by atoms with van der Waals surface area (Å²) in [5, 5.41) is 4.79. The molecule has 0 saturated carbocycles. The standard InChI is InChI=1S/C20H19ClN2O3/c1-4-13-23(20(24)25-3)19-8-6-5-7-17(19)14-26-22-15(2)16-9-11-18(21)12-10-16/h1,5-12H,13-14H2,2-3H3. The van der Waals surface area contributed by atoms with Crippen LogP contribution in [0.3, 0.4) is 0 Å². The van der Waals surface area contributed by atoms with E-state index in [1.165, 1.54) is 12.0 Å². The quantitative estimate of drug-likeness (QED) is 0.427. The number of hydrogen-bond donors (Lipinski definition) is 0. The summed E-state index contributed by atoms with van der Waals surface area (Å²) in [6, 6.07) is 14.6. The number of terminal acetylenes is 1. The Bertz CT molecular complexity index is 826. The number of benzene rings is 2. The fourth-order valence-corrected chi connectivity index (χ4v) is 2.41. The summed E-state index contributed by atoms with van der Waals surface area (Å²) >= 11 is 5.88. The van der Waals surface area contributed by atoms with Gasteiger partial charge in [-0.25, -0.2) is 4.79 Å². The molecule has 0 heterocycles. The largest absolute Gasteiger partial charge is 0.452 e. The lowest BCUT2D eigenvalue weighted by Gasteiger charge is -2.21. The van der Waals surface area contributed by atoms with Gasteiger partial charge in [0.1, 0.15) is 6.61 Å². The summed E-state index contributed by atoms with van der Waals surface area (Å²) in [4.78, 5) is 18.8. The van der Waals surface area contributed by atoms with Crippen LogP contribution in [-0.4, -0.2) is 25.5 Å². The van der Waals surface area contributed by atoms with E-state index in [0.717, 1.165) is 11.1 Å². The number of rotatable bonds is 6. The third-order valence-corrected chi connectivity index (χ3v) is 3.86. The molecule has 0 fully saturated rings. The first-order valence-electron chi connectivity index (χ1n) is 7.86. The molecule has 0 aliphatic carbocycles. The van der Waals surface area contributed by atoms with E-state index < -0.39 is 6.09 Å². The first-order valence-corrected chi connectivity index (χ1v) is 8.24. The zero-order chi connectivity index (χ0) is 18.9. The predicted molar refractivity (Wildman–Crippen MR) is 103 cm³/mol. The van der Waals surface area contributed by atoms with E-state index in [0.29, 0.717) is 16.4 Å². The topological polar surface area (TPSA) is 51.1 Å². The average molecular weight is 371 g/mol. The molecule has 0 bridgehead atoms. The number of anilines is 1. The predicted octanol–water partition coefficient (Wildman–Crippen LogP) is 4.49. The molecule has 0 aromatic heterocycles. The van der Waals surface area contributed by atoms with Crippen LogP contribution in [0.2, 0.25) is 5.02 Å². The molecule has 5 nitrogen and oxygen atoms in total. The summed E-state index contributed by atoms with van der Waals surface area (Å²) in [7, 11) is 1.31. The molecule has 0 radical (unpaired) electrons. The minimum Gasteiger partial charge on any atom is -0.452 e. The van der Waals surface area contributed by atoms with Crippen LogP contribution in [0.25, 0.3) is 0 Å². The first kappa shape index (κ1) is 19.4. The summed E-state index contributed by atoms with van der Waals surface area (Å²) in [5.41, 5.74) is 3.01. The van der Waals surface area contributed by atoms with Crippen molar-refractivity contribution in [3.8, 4) is 12.3 Å². The number of methoxy groups -OCH3 is 1. The van der Waals surface area contributed by atoms with Crippen LogP contribution >= 0.6 is 11.6 Å². The Balaban J connectivity index is 2.15. The normalized spacial score (nSPS) is 10.8. The Morgan fingerprint density at radius 3 is 2.58 bits per heavy atom. The van der Waals surface area contributed by atoms with Crippen molar-refractivity contribution in [3.05, 3.63) is 64.7 Å². The number of para-hydroxylation sites is 1. The molecule has 2 aromatic rings. The monoisotopic (exact) mass is 370 g/mol. The zero-order valence-corrected chi connectivity index (χ0v) is 15.4. The number of hydrogen-bond acceptors (Lipinski definition) is 4. The van der Waals surface area contributed by atoms with E-state index in [4.69, 9.17) is 27.6 Å². The summed E-state index contributed by atoms with van der Waals surface area (Å²) < 4.78 is 4.80. The van der Waals surface area contributed by atoms with E-state index in [1.807, 2.05) is 37.3 Å². The lowest BCUT2D eigenvalue weighted by Crippen LogP contribution is -2.31. The van der Waals surface area contributed by atoms with Gasteiger partial charge in [-0.05, 0) is 30.7 Å². The van der Waals surface area contributed by atoms with Crippen molar-refractivity contribution in [3.63, 3.8) is 0 Å². The molecule has 0 atom stereocenters. The highest BCUT2D eigenvalue weighted by Gasteiger charge is 2.18. The number of ether oxygens (including phenoxy) is 1. The lowest BCUT2D eigenvalue weighted by atomic mass is 10.1. The van der Waals surface area contributed by atoms with Crippen molar-refractivity contribution >= 4 is 29.1 Å². The molecular weight excluding hydrogens is 352 g/mol. The molecule has 1 amide bonds. The number of nitrogens with zero attached hydrogens (tertiary/aromatic N) is 2. The molecule has 0 aliphatic rings. The van der Waals surface area contributed by atoms with Crippen LogP contribution in [0.4, 0.5) is 10.5 Å². The minimum absolute atomic E-state index is 0.0940. The third-order valence-electron chi connectivity index (χ3n) is 3.61. The maximum absolute atomic E-state index is 12.0. The molecule has 6 heteroatoms. The van der Waals surface area contributed by atoms with E-state index in [1.54, 1.807) is 18.2 Å². The van der Waals surface area contributed by atoms with Gasteiger partial charge in [0.2, 0.25) is 0 Å². The van der Waals surface area contributed by atoms with Crippen LogP contribution in [0.5, 0.6) is 0 Å². The third kappa shape index (κ3) is 5.01. The van der Waals surface area contributed by atoms with Gasteiger partial charge in [0.05, 0.1) is 25.1 Å². The number of halogens is 1. The van der Waals surface area contributed by atoms with Crippen molar-refractivity contribution in [2.75, 3.05) is 18.6 Å². The second-order valence-corrected chi connectivity index (χ2v) is 5.78. The van der Waals surface area contributed by atoms with Crippen LogP contribution < -0.4 is 4.90 Å². The van der Waals surface area contributed by atoms with Crippen molar-refractivity contribution in [2.45, 2.75) is 13.5 Å². The number of carbonyl (C=O) groups excluding carboxylic acids is 1. The molecule has 0 unspecified atom stereocenters. The highest BCUT2D eigenvalue weighted by Crippen LogP contribution is 2.22. The number of oxime groups is 1. The molecule has 0 aliphatic heterocycles. The number of carbonyl (C=O) groups is 1. The van der Waals surface area contributed by atoms with E-state index in [-0.39, 0.29) is 13.2 Å². The summed E-state index contributed by atoms with van der Waals surface area (Å²) in [6.45, 7) is 2.12. The molecule has 0 N–H and O–H groups in total. The zero-order valence-electron chi connectivity index (χ0n) is 14.6. The second-order valence-electron chi connectivity index (χ2n) is 5.35. The average Bonchev–Trinajstić information content (AvgIpc) is 2.66. The smallest absolute Gasteiger partial charge is 0.414 e. The lowest BCUT2D eigenvalue weighted by molar-refractivity contribution is 0.130.